The van der Waals surface area contributed by atoms with Crippen molar-refractivity contribution in [2.24, 2.45) is 0 Å². The number of amides is 1. The lowest BCUT2D eigenvalue weighted by Crippen LogP contribution is -2.48. The summed E-state index contributed by atoms with van der Waals surface area (Å²) < 4.78 is 13.3. The molecule has 1 amide bonds. The van der Waals surface area contributed by atoms with Crippen molar-refractivity contribution in [2.75, 3.05) is 23.7 Å². The molecule has 0 aromatic heterocycles. The number of hydrogen-bond acceptors (Lipinski definition) is 3. The van der Waals surface area contributed by atoms with Crippen molar-refractivity contribution < 1.29 is 9.18 Å². The second-order valence-corrected chi connectivity index (χ2v) is 6.70. The number of piperidine rings is 1. The molecule has 0 bridgehead atoms. The SMILES string of the molecule is Cc1cc(F)ccc1N1CCCC(NC(=O)Cc2ccc(N)cc2)C1.Cl.Cl. The maximum absolute atomic E-state index is 13.3. The van der Waals surface area contributed by atoms with E-state index in [1.165, 1.54) is 6.07 Å². The summed E-state index contributed by atoms with van der Waals surface area (Å²) in [6.07, 6.45) is 2.32. The van der Waals surface area contributed by atoms with E-state index in [9.17, 15) is 9.18 Å². The first kappa shape index (κ1) is 23.1. The van der Waals surface area contributed by atoms with Gasteiger partial charge in [0.2, 0.25) is 5.91 Å². The van der Waals surface area contributed by atoms with Crippen LogP contribution in [0.25, 0.3) is 0 Å². The third-order valence-electron chi connectivity index (χ3n) is 4.63. The number of nitrogens with one attached hydrogen (secondary N) is 1. The van der Waals surface area contributed by atoms with Gasteiger partial charge in [-0.3, -0.25) is 4.79 Å². The molecule has 148 valence electrons. The molecule has 1 fully saturated rings. The number of nitrogens with zero attached hydrogens (tertiary/aromatic N) is 1. The van der Waals surface area contributed by atoms with Crippen LogP contribution in [0.4, 0.5) is 15.8 Å². The van der Waals surface area contributed by atoms with Crippen molar-refractivity contribution in [1.29, 1.82) is 0 Å². The third-order valence-corrected chi connectivity index (χ3v) is 4.63. The molecule has 0 radical (unpaired) electrons. The Morgan fingerprint density at radius 3 is 2.59 bits per heavy atom. The van der Waals surface area contributed by atoms with Crippen molar-refractivity contribution in [3.8, 4) is 0 Å². The highest BCUT2D eigenvalue weighted by Crippen LogP contribution is 2.24. The van der Waals surface area contributed by atoms with Crippen molar-refractivity contribution >= 4 is 42.1 Å². The molecule has 1 atom stereocenters. The van der Waals surface area contributed by atoms with Crippen LogP contribution < -0.4 is 16.0 Å². The second kappa shape index (κ2) is 10.4. The number of benzene rings is 2. The minimum absolute atomic E-state index is 0. The largest absolute Gasteiger partial charge is 0.399 e. The smallest absolute Gasteiger partial charge is 0.224 e. The first-order valence-electron chi connectivity index (χ1n) is 8.66. The van der Waals surface area contributed by atoms with E-state index in [0.717, 1.165) is 42.7 Å². The summed E-state index contributed by atoms with van der Waals surface area (Å²) in [6.45, 7) is 3.60. The van der Waals surface area contributed by atoms with Gasteiger partial charge in [0, 0.05) is 30.5 Å². The first-order chi connectivity index (χ1) is 12.0. The zero-order valence-electron chi connectivity index (χ0n) is 15.3. The minimum Gasteiger partial charge on any atom is -0.399 e. The van der Waals surface area contributed by atoms with Crippen LogP contribution in [0.15, 0.2) is 42.5 Å². The number of nitrogen functional groups attached to an aromatic ring is 1. The monoisotopic (exact) mass is 413 g/mol. The number of aryl methyl sites for hydroxylation is 1. The van der Waals surface area contributed by atoms with Gasteiger partial charge in [-0.05, 0) is 61.2 Å². The summed E-state index contributed by atoms with van der Waals surface area (Å²) in [7, 11) is 0. The van der Waals surface area contributed by atoms with Gasteiger partial charge in [-0.25, -0.2) is 4.39 Å². The molecule has 1 heterocycles. The summed E-state index contributed by atoms with van der Waals surface area (Å²) in [5.74, 6) is -0.195. The van der Waals surface area contributed by atoms with Gasteiger partial charge in [0.05, 0.1) is 6.42 Å². The van der Waals surface area contributed by atoms with Crippen molar-refractivity contribution in [3.63, 3.8) is 0 Å². The van der Waals surface area contributed by atoms with Crippen LogP contribution in [0.2, 0.25) is 0 Å². The molecule has 0 aliphatic carbocycles. The molecule has 3 N–H and O–H groups in total. The first-order valence-corrected chi connectivity index (χ1v) is 8.66. The standard InChI is InChI=1S/C20H24FN3O.2ClH/c1-14-11-16(21)6-9-19(14)24-10-2-3-18(13-24)23-20(25)12-15-4-7-17(22)8-5-15;;/h4-9,11,18H,2-3,10,12-13,22H2,1H3,(H,23,25);2*1H. The zero-order valence-corrected chi connectivity index (χ0v) is 16.9. The third kappa shape index (κ3) is 6.29. The quantitative estimate of drug-likeness (QED) is 0.747. The molecular weight excluding hydrogens is 388 g/mol. The molecule has 1 aliphatic heterocycles. The van der Waals surface area contributed by atoms with Gasteiger partial charge < -0.3 is 16.0 Å². The highest BCUT2D eigenvalue weighted by molar-refractivity contribution is 5.85. The Balaban J connectivity index is 0.00000182. The van der Waals surface area contributed by atoms with Crippen LogP contribution in [0, 0.1) is 12.7 Å². The summed E-state index contributed by atoms with van der Waals surface area (Å²) in [5.41, 5.74) is 9.28. The normalized spacial score (nSPS) is 16.1. The van der Waals surface area contributed by atoms with E-state index in [1.807, 2.05) is 37.3 Å². The van der Waals surface area contributed by atoms with E-state index in [0.29, 0.717) is 12.1 Å². The molecule has 1 saturated heterocycles. The fourth-order valence-corrected chi connectivity index (χ4v) is 3.39. The van der Waals surface area contributed by atoms with E-state index >= 15 is 0 Å². The summed E-state index contributed by atoms with van der Waals surface area (Å²) in [6, 6.07) is 12.4. The van der Waals surface area contributed by atoms with E-state index < -0.39 is 0 Å². The van der Waals surface area contributed by atoms with Crippen LogP contribution in [0.3, 0.4) is 0 Å². The Morgan fingerprint density at radius 2 is 1.93 bits per heavy atom. The number of hydrogen-bond donors (Lipinski definition) is 2. The van der Waals surface area contributed by atoms with Gasteiger partial charge in [0.1, 0.15) is 5.82 Å². The Hall–Kier alpha value is -1.98. The molecule has 1 unspecified atom stereocenters. The van der Waals surface area contributed by atoms with E-state index in [2.05, 4.69) is 10.2 Å². The lowest BCUT2D eigenvalue weighted by atomic mass is 10.0. The predicted molar refractivity (Wildman–Crippen MR) is 114 cm³/mol. The molecule has 4 nitrogen and oxygen atoms in total. The van der Waals surface area contributed by atoms with E-state index in [-0.39, 0.29) is 42.6 Å². The lowest BCUT2D eigenvalue weighted by molar-refractivity contribution is -0.121. The van der Waals surface area contributed by atoms with Gasteiger partial charge >= 0.3 is 0 Å². The average Bonchev–Trinajstić information content (AvgIpc) is 2.57. The van der Waals surface area contributed by atoms with Gasteiger partial charge in [0.15, 0.2) is 0 Å². The Morgan fingerprint density at radius 1 is 1.22 bits per heavy atom. The molecule has 2 aromatic rings. The van der Waals surface area contributed by atoms with Crippen LogP contribution in [-0.4, -0.2) is 25.0 Å². The summed E-state index contributed by atoms with van der Waals surface area (Å²) in [4.78, 5) is 14.5. The summed E-state index contributed by atoms with van der Waals surface area (Å²) in [5, 5.41) is 3.13. The number of nitrogens with two attached hydrogens (primary N) is 1. The molecule has 0 spiro atoms. The second-order valence-electron chi connectivity index (χ2n) is 6.70. The van der Waals surface area contributed by atoms with Crippen molar-refractivity contribution in [1.82, 2.24) is 5.32 Å². The molecule has 1 aliphatic rings. The van der Waals surface area contributed by atoms with Crippen LogP contribution in [-0.2, 0) is 11.2 Å². The molecule has 2 aromatic carbocycles. The molecule has 0 saturated carbocycles. The number of carbonyl (C=O) groups is 1. The molecular formula is C20H26Cl2FN3O. The Kier molecular flexibility index (Phi) is 8.86. The number of anilines is 2. The molecule has 7 heteroatoms. The predicted octanol–water partition coefficient (Wildman–Crippen LogP) is 3.89. The zero-order chi connectivity index (χ0) is 17.8. The van der Waals surface area contributed by atoms with Gasteiger partial charge in [-0.15, -0.1) is 24.8 Å². The van der Waals surface area contributed by atoms with Crippen LogP contribution in [0.5, 0.6) is 0 Å². The number of rotatable bonds is 4. The minimum atomic E-state index is -0.216. The van der Waals surface area contributed by atoms with Gasteiger partial charge in [-0.2, -0.15) is 0 Å². The summed E-state index contributed by atoms with van der Waals surface area (Å²) >= 11 is 0. The highest BCUT2D eigenvalue weighted by atomic mass is 35.5. The Bertz CT molecular complexity index is 755. The highest BCUT2D eigenvalue weighted by Gasteiger charge is 2.22. The lowest BCUT2D eigenvalue weighted by Gasteiger charge is -2.35. The fraction of sp³-hybridized carbons (Fsp3) is 0.350. The average molecular weight is 414 g/mol. The Labute approximate surface area is 172 Å². The van der Waals surface area contributed by atoms with Crippen LogP contribution in [0.1, 0.15) is 24.0 Å². The topological polar surface area (TPSA) is 58.4 Å². The molecule has 27 heavy (non-hydrogen) atoms. The maximum atomic E-state index is 13.3. The maximum Gasteiger partial charge on any atom is 0.224 e. The number of halogens is 3. The fourth-order valence-electron chi connectivity index (χ4n) is 3.39. The number of carbonyl (C=O) groups excluding carboxylic acids is 1. The van der Waals surface area contributed by atoms with Gasteiger partial charge in [-0.1, -0.05) is 12.1 Å². The van der Waals surface area contributed by atoms with Crippen LogP contribution >= 0.6 is 24.8 Å². The van der Waals surface area contributed by atoms with Crippen molar-refractivity contribution in [3.05, 3.63) is 59.4 Å². The van der Waals surface area contributed by atoms with Gasteiger partial charge in [0.25, 0.3) is 0 Å². The van der Waals surface area contributed by atoms with Crippen molar-refractivity contribution in [2.45, 2.75) is 32.2 Å². The van der Waals surface area contributed by atoms with E-state index in [4.69, 9.17) is 5.73 Å². The van der Waals surface area contributed by atoms with E-state index in [1.54, 1.807) is 6.07 Å². The molecule has 3 rings (SSSR count).